The summed E-state index contributed by atoms with van der Waals surface area (Å²) in [5.74, 6) is -2.39. The van der Waals surface area contributed by atoms with Gasteiger partial charge in [0.05, 0.1) is 6.54 Å². The number of carbonyl (C=O) groups excluding carboxylic acids is 2. The summed E-state index contributed by atoms with van der Waals surface area (Å²) in [7, 11) is 0. The highest BCUT2D eigenvalue weighted by molar-refractivity contribution is 6.07. The van der Waals surface area contributed by atoms with Gasteiger partial charge in [-0.15, -0.1) is 0 Å². The molecule has 166 valence electrons. The van der Waals surface area contributed by atoms with Gasteiger partial charge in [0.1, 0.15) is 17.0 Å². The van der Waals surface area contributed by atoms with Crippen LogP contribution < -0.4 is 21.9 Å². The average molecular weight is 440 g/mol. The maximum atomic E-state index is 14.2. The molecule has 12 heteroatoms. The third-order valence-electron chi connectivity index (χ3n) is 4.44. The van der Waals surface area contributed by atoms with E-state index < -0.39 is 51.9 Å². The molecule has 0 spiro atoms. The maximum absolute atomic E-state index is 14.2. The number of fused-ring (bicyclic) bond motifs is 1. The third-order valence-corrected chi connectivity index (χ3v) is 4.44. The number of alkyl halides is 3. The van der Waals surface area contributed by atoms with Gasteiger partial charge < -0.3 is 10.1 Å². The van der Waals surface area contributed by atoms with E-state index in [1.807, 2.05) is 5.32 Å². The van der Waals surface area contributed by atoms with Gasteiger partial charge in [-0.25, -0.2) is 9.59 Å². The molecule has 1 aromatic carbocycles. The number of halogens is 3. The Bertz CT molecular complexity index is 1150. The van der Waals surface area contributed by atoms with Crippen molar-refractivity contribution in [2.45, 2.75) is 44.6 Å². The predicted molar refractivity (Wildman–Crippen MR) is 103 cm³/mol. The van der Waals surface area contributed by atoms with Crippen molar-refractivity contribution in [3.8, 4) is 0 Å². The van der Waals surface area contributed by atoms with E-state index in [4.69, 9.17) is 4.74 Å². The van der Waals surface area contributed by atoms with Gasteiger partial charge in [0.2, 0.25) is 0 Å². The number of amides is 2. The van der Waals surface area contributed by atoms with Crippen LogP contribution in [-0.4, -0.2) is 33.3 Å². The van der Waals surface area contributed by atoms with Crippen LogP contribution in [0.25, 0.3) is 0 Å². The molecule has 2 heterocycles. The molecule has 0 unspecified atom stereocenters. The Morgan fingerprint density at radius 3 is 2.29 bits per heavy atom. The Hall–Kier alpha value is -3.57. The Morgan fingerprint density at radius 1 is 1.13 bits per heavy atom. The predicted octanol–water partition coefficient (Wildman–Crippen LogP) is 1.82. The van der Waals surface area contributed by atoms with Crippen LogP contribution >= 0.6 is 0 Å². The Kier molecular flexibility index (Phi) is 5.20. The summed E-state index contributed by atoms with van der Waals surface area (Å²) in [6.07, 6.45) is -6.99. The quantitative estimate of drug-likeness (QED) is 0.672. The van der Waals surface area contributed by atoms with E-state index in [1.165, 1.54) is 26.1 Å². The molecule has 0 fully saturated rings. The molecule has 1 aliphatic heterocycles. The van der Waals surface area contributed by atoms with Gasteiger partial charge in [0.15, 0.2) is 0 Å². The van der Waals surface area contributed by atoms with E-state index in [1.54, 1.807) is 35.3 Å². The molecule has 31 heavy (non-hydrogen) atoms. The molecule has 9 nitrogen and oxygen atoms in total. The number of hydrogen-bond donors (Lipinski definition) is 3. The first-order valence-corrected chi connectivity index (χ1v) is 9.07. The molecule has 0 saturated carbocycles. The molecular weight excluding hydrogens is 421 g/mol. The number of hydrogen-bond acceptors (Lipinski definition) is 5. The number of aromatic amines is 1. The first-order chi connectivity index (χ1) is 14.3. The normalized spacial score (nSPS) is 18.3. The number of H-pyrrole nitrogens is 1. The van der Waals surface area contributed by atoms with Crippen LogP contribution in [0, 0.1) is 0 Å². The zero-order valence-electron chi connectivity index (χ0n) is 16.7. The van der Waals surface area contributed by atoms with E-state index in [2.05, 4.69) is 0 Å². The van der Waals surface area contributed by atoms with Gasteiger partial charge in [-0.2, -0.15) is 13.2 Å². The molecule has 0 radical (unpaired) electrons. The number of nitrogens with one attached hydrogen (secondary N) is 3. The van der Waals surface area contributed by atoms with Gasteiger partial charge in [-0.05, 0) is 26.3 Å². The number of rotatable bonds is 3. The zero-order valence-corrected chi connectivity index (χ0v) is 16.7. The standard InChI is InChI=1S/C19H19F3N4O5/c1-17(2,3)31-16(30)25-18(19(20,21)22)11-12(23-14(18)28)26(15(29)24-13(11)27)9-10-7-5-4-6-8-10/h4-8H,9H2,1-3H3,(H,23,28)(H,25,30)(H,24,27,29)/t18-/m1/s1. The molecule has 1 atom stereocenters. The van der Waals surface area contributed by atoms with E-state index in [0.29, 0.717) is 5.56 Å². The Labute approximate surface area is 173 Å². The molecular formula is C19H19F3N4O5. The molecule has 2 aromatic rings. The Balaban J connectivity index is 2.21. The highest BCUT2D eigenvalue weighted by Crippen LogP contribution is 2.45. The minimum atomic E-state index is -5.43. The second-order valence-electron chi connectivity index (χ2n) is 7.88. The number of benzene rings is 1. The number of alkyl carbamates (subject to hydrolysis) is 1. The minimum absolute atomic E-state index is 0.237. The van der Waals surface area contributed by atoms with Crippen molar-refractivity contribution < 1.29 is 27.5 Å². The Morgan fingerprint density at radius 2 is 1.74 bits per heavy atom. The summed E-state index contributed by atoms with van der Waals surface area (Å²) in [6, 6.07) is 8.21. The molecule has 2 amide bonds. The van der Waals surface area contributed by atoms with E-state index in [0.717, 1.165) is 4.57 Å². The van der Waals surface area contributed by atoms with Crippen LogP contribution in [0.2, 0.25) is 0 Å². The summed E-state index contributed by atoms with van der Waals surface area (Å²) < 4.78 is 48.3. The SMILES string of the molecule is CC(C)(C)OC(=O)N[C@@]1(C(F)(F)F)C(=O)Nc2c1c(=O)[nH]c(=O)n2Cc1ccccc1. The van der Waals surface area contributed by atoms with Crippen LogP contribution in [0.3, 0.4) is 0 Å². The number of anilines is 1. The minimum Gasteiger partial charge on any atom is -0.444 e. The number of carbonyl (C=O) groups is 2. The smallest absolute Gasteiger partial charge is 0.425 e. The molecule has 1 aliphatic rings. The summed E-state index contributed by atoms with van der Waals surface area (Å²) in [4.78, 5) is 51.4. The summed E-state index contributed by atoms with van der Waals surface area (Å²) in [5.41, 5.74) is -8.03. The van der Waals surface area contributed by atoms with Gasteiger partial charge in [0.25, 0.3) is 17.0 Å². The largest absolute Gasteiger partial charge is 0.444 e. The van der Waals surface area contributed by atoms with Crippen LogP contribution in [-0.2, 0) is 21.6 Å². The van der Waals surface area contributed by atoms with E-state index in [9.17, 15) is 32.3 Å². The molecule has 0 saturated heterocycles. The van der Waals surface area contributed by atoms with Crippen molar-refractivity contribution >= 4 is 17.8 Å². The van der Waals surface area contributed by atoms with Crippen LogP contribution in [0.1, 0.15) is 31.9 Å². The first-order valence-electron chi connectivity index (χ1n) is 9.07. The van der Waals surface area contributed by atoms with Crippen LogP contribution in [0.5, 0.6) is 0 Å². The summed E-state index contributed by atoms with van der Waals surface area (Å²) in [5, 5.41) is 3.46. The lowest BCUT2D eigenvalue weighted by Crippen LogP contribution is -2.62. The van der Waals surface area contributed by atoms with Crippen molar-refractivity contribution in [3.05, 3.63) is 62.3 Å². The summed E-state index contributed by atoms with van der Waals surface area (Å²) >= 11 is 0. The number of ether oxygens (including phenoxy) is 1. The maximum Gasteiger partial charge on any atom is 0.425 e. The average Bonchev–Trinajstić information content (AvgIpc) is 2.91. The van der Waals surface area contributed by atoms with Crippen molar-refractivity contribution in [2.24, 2.45) is 0 Å². The van der Waals surface area contributed by atoms with Crippen molar-refractivity contribution in [3.63, 3.8) is 0 Å². The molecule has 1 aromatic heterocycles. The zero-order chi connectivity index (χ0) is 23.2. The highest BCUT2D eigenvalue weighted by atomic mass is 19.4. The van der Waals surface area contributed by atoms with Crippen molar-refractivity contribution in [1.82, 2.24) is 14.9 Å². The van der Waals surface area contributed by atoms with Gasteiger partial charge in [0, 0.05) is 0 Å². The lowest BCUT2D eigenvalue weighted by Gasteiger charge is -2.31. The van der Waals surface area contributed by atoms with Crippen LogP contribution in [0.4, 0.5) is 23.8 Å². The van der Waals surface area contributed by atoms with Gasteiger partial charge >= 0.3 is 18.0 Å². The second-order valence-corrected chi connectivity index (χ2v) is 7.88. The van der Waals surface area contributed by atoms with E-state index in [-0.39, 0.29) is 6.54 Å². The van der Waals surface area contributed by atoms with Gasteiger partial charge in [-0.1, -0.05) is 30.3 Å². The third kappa shape index (κ3) is 3.92. The lowest BCUT2D eigenvalue weighted by atomic mass is 9.92. The number of nitrogens with zero attached hydrogens (tertiary/aromatic N) is 1. The molecule has 3 N–H and O–H groups in total. The topological polar surface area (TPSA) is 122 Å². The van der Waals surface area contributed by atoms with Crippen LogP contribution in [0.15, 0.2) is 39.9 Å². The summed E-state index contributed by atoms with van der Waals surface area (Å²) in [6.45, 7) is 4.01. The van der Waals surface area contributed by atoms with Crippen molar-refractivity contribution in [2.75, 3.05) is 5.32 Å². The van der Waals surface area contributed by atoms with Gasteiger partial charge in [-0.3, -0.25) is 24.5 Å². The van der Waals surface area contributed by atoms with E-state index >= 15 is 0 Å². The first kappa shape index (κ1) is 22.1. The fourth-order valence-corrected chi connectivity index (χ4v) is 3.20. The van der Waals surface area contributed by atoms with Crippen molar-refractivity contribution in [1.29, 1.82) is 0 Å². The fraction of sp³-hybridized carbons (Fsp3) is 0.368. The lowest BCUT2D eigenvalue weighted by molar-refractivity contribution is -0.198. The monoisotopic (exact) mass is 440 g/mol. The second kappa shape index (κ2) is 7.29. The molecule has 3 rings (SSSR count). The number of aromatic nitrogens is 2. The molecule has 0 bridgehead atoms. The highest BCUT2D eigenvalue weighted by Gasteiger charge is 2.69. The molecule has 0 aliphatic carbocycles. The fourth-order valence-electron chi connectivity index (χ4n) is 3.20.